The number of benzene rings is 5. The Morgan fingerprint density at radius 3 is 0.564 bits per heavy atom. The minimum Gasteiger partial charge on any atom is -0.504 e. The van der Waals surface area contributed by atoms with E-state index in [9.17, 15) is 51.1 Å². The summed E-state index contributed by atoms with van der Waals surface area (Å²) < 4.78 is 26.1. The largest absolute Gasteiger partial charge is 0.504 e. The van der Waals surface area contributed by atoms with E-state index in [4.69, 9.17) is 23.7 Å². The second kappa shape index (κ2) is 37.3. The van der Waals surface area contributed by atoms with Crippen molar-refractivity contribution >= 4 is 0 Å². The zero-order valence-corrected chi connectivity index (χ0v) is 68.7. The molecule has 5 aromatic rings. The molecule has 15 atom stereocenters. The molecule has 10 aliphatic heterocycles. The van der Waals surface area contributed by atoms with Gasteiger partial charge in [-0.05, 0) is 272 Å². The number of rotatable bonds is 15. The lowest BCUT2D eigenvalue weighted by Crippen LogP contribution is -2.48. The monoisotopic (exact) mass is 1530 g/mol. The maximum absolute atomic E-state index is 10.5. The first-order valence-corrected chi connectivity index (χ1v) is 41.6. The molecule has 0 aliphatic carbocycles. The molecule has 110 heavy (non-hydrogen) atoms. The Morgan fingerprint density at radius 2 is 0.427 bits per heavy atom. The second-order valence-electron chi connectivity index (χ2n) is 35.9. The van der Waals surface area contributed by atoms with E-state index in [1.807, 2.05) is 60.7 Å². The van der Waals surface area contributed by atoms with Crippen LogP contribution in [0.25, 0.3) is 0 Å². The van der Waals surface area contributed by atoms with E-state index >= 15 is 0 Å². The van der Waals surface area contributed by atoms with Gasteiger partial charge < -0.3 is 74.7 Å². The number of fused-ring (bicyclic) bond motifs is 15. The molecule has 0 unspecified atom stereocenters. The summed E-state index contributed by atoms with van der Waals surface area (Å²) in [4.78, 5) is 12.4. The number of hydrogen-bond acceptors (Lipinski definition) is 20. The fourth-order valence-electron chi connectivity index (χ4n) is 20.5. The van der Waals surface area contributed by atoms with Gasteiger partial charge in [0.25, 0.3) is 0 Å². The first-order valence-electron chi connectivity index (χ1n) is 41.6. The lowest BCUT2D eigenvalue weighted by Gasteiger charge is -2.46. The predicted molar refractivity (Wildman–Crippen MR) is 431 cm³/mol. The second-order valence-corrected chi connectivity index (χ2v) is 35.9. The van der Waals surface area contributed by atoms with Gasteiger partial charge in [0.05, 0.1) is 66.1 Å². The summed E-state index contributed by atoms with van der Waals surface area (Å²) in [5, 5.41) is 103. The van der Waals surface area contributed by atoms with Crippen molar-refractivity contribution in [1.82, 2.24) is 24.5 Å². The van der Waals surface area contributed by atoms with Gasteiger partial charge >= 0.3 is 0 Å². The van der Waals surface area contributed by atoms with Gasteiger partial charge in [0.15, 0.2) is 57.5 Å². The third-order valence-electron chi connectivity index (χ3n) is 25.8. The van der Waals surface area contributed by atoms with Crippen molar-refractivity contribution in [3.05, 3.63) is 116 Å². The molecule has 610 valence electrons. The molecule has 0 radical (unpaired) electrons. The van der Waals surface area contributed by atoms with Crippen LogP contribution in [0.2, 0.25) is 0 Å². The first-order chi connectivity index (χ1) is 52.5. The van der Waals surface area contributed by atoms with Crippen LogP contribution in [-0.4, -0.2) is 207 Å². The van der Waals surface area contributed by atoms with Crippen LogP contribution in [0.1, 0.15) is 219 Å². The van der Waals surface area contributed by atoms with Crippen LogP contribution in [0.4, 0.5) is 0 Å². The van der Waals surface area contributed by atoms with Crippen molar-refractivity contribution in [3.63, 3.8) is 0 Å². The molecule has 15 rings (SSSR count). The molecule has 5 aromatic carbocycles. The standard InChI is InChI=1S/5C18H27NO3/c5*1-11(2)6-13-10-19-5-4-12-7-18(22-3)17(21)8-14(12)15(19)9-16(13)20/h5*7-8,11,13,15-16,20-21H,4-6,9-10H2,1-3H3/t13-,15+,16+;2*13-,15-,16+;2*13-,15-,16-/m01010/s1. The fourth-order valence-corrected chi connectivity index (χ4v) is 20.5. The van der Waals surface area contributed by atoms with E-state index in [0.29, 0.717) is 87.9 Å². The highest BCUT2D eigenvalue weighted by Crippen LogP contribution is 2.50. The summed E-state index contributed by atoms with van der Waals surface area (Å²) in [5.74, 6) is 8.59. The Bertz CT molecular complexity index is 3280. The van der Waals surface area contributed by atoms with E-state index in [1.54, 1.807) is 35.5 Å². The molecule has 0 amide bonds. The van der Waals surface area contributed by atoms with Gasteiger partial charge in [-0.3, -0.25) is 24.5 Å². The summed E-state index contributed by atoms with van der Waals surface area (Å²) in [6.45, 7) is 32.0. The number of aliphatic hydroxyl groups is 5. The Labute approximate surface area is 656 Å². The summed E-state index contributed by atoms with van der Waals surface area (Å²) in [6, 6.07) is 20.0. The zero-order chi connectivity index (χ0) is 79.3. The maximum Gasteiger partial charge on any atom is 0.160 e. The smallest absolute Gasteiger partial charge is 0.160 e. The van der Waals surface area contributed by atoms with E-state index in [-0.39, 0.29) is 89.5 Å². The topological polar surface area (TPSA) is 265 Å². The summed E-state index contributed by atoms with van der Waals surface area (Å²) in [5.41, 5.74) is 12.0. The molecule has 5 fully saturated rings. The molecule has 10 aliphatic rings. The molecule has 0 saturated carbocycles. The van der Waals surface area contributed by atoms with Crippen molar-refractivity contribution in [2.24, 2.45) is 59.2 Å². The fraction of sp³-hybridized carbons (Fsp3) is 0.667. The van der Waals surface area contributed by atoms with Gasteiger partial charge in [-0.2, -0.15) is 0 Å². The molecule has 0 aromatic heterocycles. The Morgan fingerprint density at radius 1 is 0.273 bits per heavy atom. The minimum absolute atomic E-state index is 0.196. The first kappa shape index (κ1) is 84.6. The maximum atomic E-state index is 10.5. The molecular weight excluding hydrogens is 1390 g/mol. The number of aromatic hydroxyl groups is 5. The van der Waals surface area contributed by atoms with Gasteiger partial charge in [-0.15, -0.1) is 0 Å². The average Bonchev–Trinajstić information content (AvgIpc) is 0.794. The molecule has 0 spiro atoms. The number of nitrogens with zero attached hydrogens (tertiary/aromatic N) is 5. The quantitative estimate of drug-likeness (QED) is 0.0467. The number of hydrogen-bond donors (Lipinski definition) is 10. The van der Waals surface area contributed by atoms with Crippen LogP contribution in [-0.2, 0) is 32.1 Å². The van der Waals surface area contributed by atoms with Crippen LogP contribution < -0.4 is 23.7 Å². The number of ether oxygens (including phenoxy) is 5. The minimum atomic E-state index is -0.251. The lowest BCUT2D eigenvalue weighted by molar-refractivity contribution is -0.0192. The molecule has 10 heterocycles. The number of piperidine rings is 5. The van der Waals surface area contributed by atoms with E-state index in [2.05, 4.69) is 93.7 Å². The molecule has 5 saturated heterocycles. The van der Waals surface area contributed by atoms with Crippen molar-refractivity contribution in [3.8, 4) is 57.5 Å². The summed E-state index contributed by atoms with van der Waals surface area (Å²) >= 11 is 0. The third-order valence-corrected chi connectivity index (χ3v) is 25.8. The van der Waals surface area contributed by atoms with Gasteiger partial charge in [0.2, 0.25) is 0 Å². The number of phenols is 5. The van der Waals surface area contributed by atoms with E-state index < -0.39 is 0 Å². The highest BCUT2D eigenvalue weighted by molar-refractivity contribution is 5.53. The van der Waals surface area contributed by atoms with E-state index in [0.717, 1.165) is 190 Å². The van der Waals surface area contributed by atoms with Crippen molar-refractivity contribution < 1.29 is 74.7 Å². The van der Waals surface area contributed by atoms with E-state index in [1.165, 1.54) is 27.8 Å². The Kier molecular flexibility index (Phi) is 28.7. The van der Waals surface area contributed by atoms with Crippen molar-refractivity contribution in [2.75, 3.05) is 101 Å². The SMILES string of the molecule is COc1cc2c(cc1O)[C@@H]1C[C@@H](O)[C@@H](CC(C)C)CN1CC2.COc1cc2c(cc1O)[C@@H]1C[C@H](O)[C@@H](CC(C)C)CN1CC2.COc1cc2c(cc1O)[C@H]1C[C@@H](O)[C@@H](CC(C)C)CN1CC2.COc1cc2c(cc1O)[C@H]1C[C@@H](O)[C@H](CC(C)C)CN1CC2.COc1cc2c(cc1O)[C@H]1C[C@H](O)[C@H](CC(C)C)CN1CC2. The number of aliphatic hydroxyl groups excluding tert-OH is 5. The third kappa shape index (κ3) is 19.7. The van der Waals surface area contributed by atoms with Gasteiger partial charge in [0.1, 0.15) is 0 Å². The van der Waals surface area contributed by atoms with Crippen molar-refractivity contribution in [1.29, 1.82) is 0 Å². The van der Waals surface area contributed by atoms with Crippen LogP contribution >= 0.6 is 0 Å². The van der Waals surface area contributed by atoms with Crippen molar-refractivity contribution in [2.45, 2.75) is 226 Å². The van der Waals surface area contributed by atoms with Gasteiger partial charge in [0, 0.05) is 95.7 Å². The molecule has 20 nitrogen and oxygen atoms in total. The zero-order valence-electron chi connectivity index (χ0n) is 68.7. The van der Waals surface area contributed by atoms with Crippen LogP contribution in [0.3, 0.4) is 0 Å². The normalized spacial score (nSPS) is 28.3. The van der Waals surface area contributed by atoms with Gasteiger partial charge in [-0.1, -0.05) is 69.2 Å². The molecule has 10 N–H and O–H groups in total. The van der Waals surface area contributed by atoms with Crippen LogP contribution in [0.15, 0.2) is 60.7 Å². The van der Waals surface area contributed by atoms with Crippen LogP contribution in [0.5, 0.6) is 57.5 Å². The molecule has 0 bridgehead atoms. The predicted octanol–water partition coefficient (Wildman–Crippen LogP) is 13.6. The summed E-state index contributed by atoms with van der Waals surface area (Å²) in [7, 11) is 7.90. The Balaban J connectivity index is 0.000000136. The lowest BCUT2D eigenvalue weighted by atomic mass is 9.79. The number of methoxy groups -OCH3 is 5. The van der Waals surface area contributed by atoms with Gasteiger partial charge in [-0.25, -0.2) is 0 Å². The Hall–Kier alpha value is -6.30. The highest BCUT2D eigenvalue weighted by Gasteiger charge is 2.45. The molecule has 20 heteroatoms. The molecular formula is C90H135N5O15. The highest BCUT2D eigenvalue weighted by atomic mass is 16.5. The average molecular weight is 1530 g/mol. The van der Waals surface area contributed by atoms with Crippen LogP contribution in [0, 0.1) is 59.2 Å². The summed E-state index contributed by atoms with van der Waals surface area (Å²) in [6.07, 6.45) is 12.8. The number of phenolic OH excluding ortho intramolecular Hbond substituents is 5.